The lowest BCUT2D eigenvalue weighted by Gasteiger charge is -1.93. The van der Waals surface area contributed by atoms with Crippen molar-refractivity contribution < 1.29 is 0 Å². The molecule has 0 radical (unpaired) electrons. The summed E-state index contributed by atoms with van der Waals surface area (Å²) in [6.07, 6.45) is 0. The summed E-state index contributed by atoms with van der Waals surface area (Å²) in [5, 5.41) is 0. The summed E-state index contributed by atoms with van der Waals surface area (Å²) in [6.45, 7) is 4.19. The zero-order valence-corrected chi connectivity index (χ0v) is 14.5. The van der Waals surface area contributed by atoms with Crippen LogP contribution >= 0.6 is 0 Å². The summed E-state index contributed by atoms with van der Waals surface area (Å²) in [6, 6.07) is 8.48. The summed E-state index contributed by atoms with van der Waals surface area (Å²) in [4.78, 5) is 20.9. The normalized spacial score (nSPS) is 9.31. The maximum Gasteiger partial charge on any atom is 0.226 e. The number of nitrogens with two attached hydrogens (primary N) is 6. The van der Waals surface area contributed by atoms with Crippen molar-refractivity contribution in [3.05, 3.63) is 35.4 Å². The first-order chi connectivity index (χ1) is 12.2. The molecule has 0 bridgehead atoms. The van der Waals surface area contributed by atoms with E-state index in [-0.39, 0.29) is 35.7 Å². The topological polar surface area (TPSA) is 233 Å². The van der Waals surface area contributed by atoms with Crippen LogP contribution in [0.5, 0.6) is 0 Å². The van der Waals surface area contributed by atoms with Gasteiger partial charge in [0.25, 0.3) is 0 Å². The van der Waals surface area contributed by atoms with Crippen LogP contribution in [0, 0.1) is 13.8 Å². The minimum Gasteiger partial charge on any atom is -0.368 e. The zero-order chi connectivity index (χ0) is 19.7. The maximum atomic E-state index is 5.14. The van der Waals surface area contributed by atoms with Crippen LogP contribution in [-0.4, -0.2) is 29.9 Å². The molecular weight excluding hydrogens is 336 g/mol. The number of hydrogen-bond donors (Lipinski definition) is 6. The van der Waals surface area contributed by atoms with Crippen LogP contribution in [0.15, 0.2) is 24.3 Å². The molecule has 2 heterocycles. The van der Waals surface area contributed by atoms with Gasteiger partial charge in [0.1, 0.15) is 0 Å². The molecule has 0 aliphatic rings. The molecule has 0 aliphatic carbocycles. The van der Waals surface area contributed by atoms with Crippen LogP contribution in [0.25, 0.3) is 0 Å². The van der Waals surface area contributed by atoms with Crippen molar-refractivity contribution in [2.75, 3.05) is 34.4 Å². The van der Waals surface area contributed by atoms with Gasteiger partial charge >= 0.3 is 0 Å². The number of aryl methyl sites for hydroxylation is 2. The summed E-state index contributed by atoms with van der Waals surface area (Å²) in [5.41, 5.74) is 33.5. The van der Waals surface area contributed by atoms with Gasteiger partial charge in [-0.3, -0.25) is 0 Å². The molecule has 12 nitrogen and oxygen atoms in total. The van der Waals surface area contributed by atoms with E-state index < -0.39 is 0 Å². The number of rotatable bonds is 0. The Morgan fingerprint density at radius 1 is 0.423 bits per heavy atom. The molecule has 0 spiro atoms. The SMILES string of the molecule is Cc1ccc(C)cc1.Nc1nc(N)nc(N)n1.Nc1nc(N)nc(N)n1. The zero-order valence-electron chi connectivity index (χ0n) is 14.5. The van der Waals surface area contributed by atoms with Crippen LogP contribution in [-0.2, 0) is 0 Å². The third-order valence-electron chi connectivity index (χ3n) is 2.59. The predicted molar refractivity (Wildman–Crippen MR) is 102 cm³/mol. The largest absolute Gasteiger partial charge is 0.368 e. The second kappa shape index (κ2) is 9.36. The molecule has 3 rings (SSSR count). The Morgan fingerprint density at radius 3 is 0.731 bits per heavy atom. The molecule has 3 aromatic rings. The van der Waals surface area contributed by atoms with Crippen LogP contribution in [0.2, 0.25) is 0 Å². The average molecular weight is 358 g/mol. The third-order valence-corrected chi connectivity index (χ3v) is 2.59. The number of hydrogen-bond acceptors (Lipinski definition) is 12. The van der Waals surface area contributed by atoms with Gasteiger partial charge in [0.05, 0.1) is 0 Å². The Kier molecular flexibility index (Phi) is 7.23. The summed E-state index contributed by atoms with van der Waals surface area (Å²) >= 11 is 0. The van der Waals surface area contributed by atoms with E-state index in [1.165, 1.54) is 11.1 Å². The van der Waals surface area contributed by atoms with Crippen molar-refractivity contribution in [2.24, 2.45) is 0 Å². The van der Waals surface area contributed by atoms with Crippen molar-refractivity contribution >= 4 is 35.7 Å². The molecule has 0 fully saturated rings. The molecule has 138 valence electrons. The summed E-state index contributed by atoms with van der Waals surface area (Å²) in [7, 11) is 0. The fraction of sp³-hybridized carbons (Fsp3) is 0.143. The molecule has 1 aromatic carbocycles. The van der Waals surface area contributed by atoms with E-state index >= 15 is 0 Å². The van der Waals surface area contributed by atoms with Gasteiger partial charge in [0, 0.05) is 0 Å². The van der Waals surface area contributed by atoms with Gasteiger partial charge in [0.2, 0.25) is 35.7 Å². The van der Waals surface area contributed by atoms with Crippen LogP contribution < -0.4 is 34.4 Å². The Balaban J connectivity index is 0.000000195. The second-order valence-electron chi connectivity index (χ2n) is 4.97. The molecular formula is C14H22N12. The Bertz CT molecular complexity index is 662. The monoisotopic (exact) mass is 358 g/mol. The highest BCUT2D eigenvalue weighted by Gasteiger charge is 1.94. The summed E-state index contributed by atoms with van der Waals surface area (Å²) < 4.78 is 0. The van der Waals surface area contributed by atoms with E-state index in [2.05, 4.69) is 68.0 Å². The van der Waals surface area contributed by atoms with Gasteiger partial charge in [-0.25, -0.2) is 0 Å². The van der Waals surface area contributed by atoms with Gasteiger partial charge < -0.3 is 34.4 Å². The minimum absolute atomic E-state index is 0.0417. The van der Waals surface area contributed by atoms with Gasteiger partial charge in [-0.05, 0) is 13.8 Å². The molecule has 0 unspecified atom stereocenters. The van der Waals surface area contributed by atoms with Crippen molar-refractivity contribution in [2.45, 2.75) is 13.8 Å². The Hall–Kier alpha value is -3.96. The number of anilines is 6. The number of benzene rings is 1. The number of nitrogens with zero attached hydrogens (tertiary/aromatic N) is 6. The standard InChI is InChI=1S/C8H10.2C3H6N6/c1-7-3-5-8(2)6-4-7;2*4-1-7-2(5)9-3(6)8-1/h3-6H,1-2H3;2*(H6,4,5,6,7,8,9). The minimum atomic E-state index is 0.0417. The molecule has 12 heteroatoms. The summed E-state index contributed by atoms with van der Waals surface area (Å²) in [5.74, 6) is 0.250. The van der Waals surface area contributed by atoms with Crippen LogP contribution in [0.3, 0.4) is 0 Å². The van der Waals surface area contributed by atoms with E-state index in [1.54, 1.807) is 0 Å². The Morgan fingerprint density at radius 2 is 0.577 bits per heavy atom. The van der Waals surface area contributed by atoms with E-state index in [1.807, 2.05) is 0 Å². The smallest absolute Gasteiger partial charge is 0.226 e. The molecule has 26 heavy (non-hydrogen) atoms. The fourth-order valence-electron chi connectivity index (χ4n) is 1.49. The first kappa shape index (κ1) is 20.1. The van der Waals surface area contributed by atoms with Gasteiger partial charge in [-0.15, -0.1) is 0 Å². The van der Waals surface area contributed by atoms with E-state index in [0.29, 0.717) is 0 Å². The van der Waals surface area contributed by atoms with Gasteiger partial charge in [-0.2, -0.15) is 29.9 Å². The molecule has 0 atom stereocenters. The lowest BCUT2D eigenvalue weighted by Crippen LogP contribution is -2.05. The highest BCUT2D eigenvalue weighted by molar-refractivity contribution is 5.34. The Labute approximate surface area is 150 Å². The number of nitrogen functional groups attached to an aromatic ring is 6. The van der Waals surface area contributed by atoms with Crippen molar-refractivity contribution in [1.82, 2.24) is 29.9 Å². The van der Waals surface area contributed by atoms with E-state index in [9.17, 15) is 0 Å². The molecule has 0 saturated carbocycles. The first-order valence-electron chi connectivity index (χ1n) is 7.24. The second-order valence-corrected chi connectivity index (χ2v) is 4.97. The molecule has 2 aromatic heterocycles. The van der Waals surface area contributed by atoms with Gasteiger partial charge in [-0.1, -0.05) is 35.4 Å². The van der Waals surface area contributed by atoms with Crippen molar-refractivity contribution in [3.63, 3.8) is 0 Å². The lowest BCUT2D eigenvalue weighted by molar-refractivity contribution is 1.09. The van der Waals surface area contributed by atoms with E-state index in [0.717, 1.165) is 0 Å². The highest BCUT2D eigenvalue weighted by atomic mass is 15.2. The first-order valence-corrected chi connectivity index (χ1v) is 7.24. The predicted octanol–water partition coefficient (Wildman–Crippen LogP) is -0.460. The molecule has 0 saturated heterocycles. The number of aromatic nitrogens is 6. The van der Waals surface area contributed by atoms with Crippen molar-refractivity contribution in [1.29, 1.82) is 0 Å². The lowest BCUT2D eigenvalue weighted by atomic mass is 10.2. The highest BCUT2D eigenvalue weighted by Crippen LogP contribution is 1.99. The van der Waals surface area contributed by atoms with Crippen molar-refractivity contribution in [3.8, 4) is 0 Å². The fourth-order valence-corrected chi connectivity index (χ4v) is 1.49. The molecule has 0 amide bonds. The quantitative estimate of drug-likeness (QED) is 0.299. The van der Waals surface area contributed by atoms with Gasteiger partial charge in [0.15, 0.2) is 0 Å². The average Bonchev–Trinajstić information content (AvgIpc) is 2.48. The van der Waals surface area contributed by atoms with Crippen LogP contribution in [0.4, 0.5) is 35.7 Å². The third kappa shape index (κ3) is 8.05. The van der Waals surface area contributed by atoms with Crippen LogP contribution in [0.1, 0.15) is 11.1 Å². The maximum absolute atomic E-state index is 5.14. The molecule has 12 N–H and O–H groups in total. The van der Waals surface area contributed by atoms with E-state index in [4.69, 9.17) is 34.4 Å². The molecule has 0 aliphatic heterocycles.